The van der Waals surface area contributed by atoms with Crippen LogP contribution in [0.15, 0.2) is 16.6 Å². The zero-order chi connectivity index (χ0) is 15.8. The quantitative estimate of drug-likeness (QED) is 0.295. The van der Waals surface area contributed by atoms with Crippen LogP contribution in [-0.2, 0) is 0 Å². The molecule has 1 rings (SSSR count). The molecule has 1 atom stereocenters. The number of Topliss-reactive ketones (excluding diaryl/α,β-unsaturated/α-hetero) is 1. The predicted molar refractivity (Wildman–Crippen MR) is 95.6 cm³/mol. The number of unbranched alkanes of at least 4 members (excludes halogenated alkanes) is 5. The molecule has 0 aliphatic carbocycles. The molecule has 0 amide bonds. The number of hydrogen-bond acceptors (Lipinski definition) is 2. The first-order valence-corrected chi connectivity index (χ1v) is 9.35. The fraction of sp³-hybridized carbons (Fsp3) is 0.588. The van der Waals surface area contributed by atoms with Crippen LogP contribution in [0, 0.1) is 6.92 Å². The van der Waals surface area contributed by atoms with E-state index in [1.54, 1.807) is 6.07 Å². The van der Waals surface area contributed by atoms with Crippen LogP contribution >= 0.6 is 31.9 Å². The van der Waals surface area contributed by atoms with Crippen LogP contribution in [0.1, 0.15) is 67.8 Å². The SMILES string of the molecule is CCCCCCCC[C@H](Br)C(=O)c1cc(C)cc(Br)c1O. The highest BCUT2D eigenvalue weighted by Gasteiger charge is 2.21. The van der Waals surface area contributed by atoms with Gasteiger partial charge in [-0.15, -0.1) is 0 Å². The van der Waals surface area contributed by atoms with Crippen LogP contribution in [-0.4, -0.2) is 15.7 Å². The first-order valence-electron chi connectivity index (χ1n) is 7.64. The lowest BCUT2D eigenvalue weighted by Crippen LogP contribution is -2.14. The first-order chi connectivity index (χ1) is 9.97. The maximum Gasteiger partial charge on any atom is 0.180 e. The van der Waals surface area contributed by atoms with Crippen LogP contribution in [0.25, 0.3) is 0 Å². The zero-order valence-electron chi connectivity index (χ0n) is 12.8. The minimum absolute atomic E-state index is 0.0366. The van der Waals surface area contributed by atoms with Crippen LogP contribution in [0.5, 0.6) is 5.75 Å². The van der Waals surface area contributed by atoms with Crippen molar-refractivity contribution in [2.45, 2.75) is 63.6 Å². The van der Waals surface area contributed by atoms with Gasteiger partial charge in [0.2, 0.25) is 0 Å². The van der Waals surface area contributed by atoms with Gasteiger partial charge in [-0.05, 0) is 47.0 Å². The smallest absolute Gasteiger partial charge is 0.180 e. The molecule has 21 heavy (non-hydrogen) atoms. The van der Waals surface area contributed by atoms with Gasteiger partial charge in [0, 0.05) is 0 Å². The monoisotopic (exact) mass is 418 g/mol. The summed E-state index contributed by atoms with van der Waals surface area (Å²) in [5.41, 5.74) is 1.36. The maximum atomic E-state index is 12.4. The normalized spacial score (nSPS) is 12.4. The van der Waals surface area contributed by atoms with E-state index in [0.717, 1.165) is 18.4 Å². The minimum atomic E-state index is -0.219. The number of aromatic hydroxyl groups is 1. The summed E-state index contributed by atoms with van der Waals surface area (Å²) in [5.74, 6) is 0.00320. The molecule has 0 fully saturated rings. The Balaban J connectivity index is 2.51. The highest BCUT2D eigenvalue weighted by molar-refractivity contribution is 9.10. The van der Waals surface area contributed by atoms with Crippen LogP contribution in [0.2, 0.25) is 0 Å². The molecule has 1 aromatic rings. The summed E-state index contributed by atoms with van der Waals surface area (Å²) in [6.45, 7) is 4.12. The lowest BCUT2D eigenvalue weighted by Gasteiger charge is -2.12. The molecule has 0 saturated carbocycles. The molecule has 0 saturated heterocycles. The number of hydrogen-bond donors (Lipinski definition) is 1. The largest absolute Gasteiger partial charge is 0.506 e. The Morgan fingerprint density at radius 2 is 1.81 bits per heavy atom. The molecule has 1 aromatic carbocycles. The Morgan fingerprint density at radius 1 is 1.19 bits per heavy atom. The van der Waals surface area contributed by atoms with Gasteiger partial charge in [0.15, 0.2) is 5.78 Å². The second-order valence-electron chi connectivity index (χ2n) is 5.53. The van der Waals surface area contributed by atoms with Crippen molar-refractivity contribution in [2.75, 3.05) is 0 Å². The summed E-state index contributed by atoms with van der Waals surface area (Å²) in [4.78, 5) is 12.2. The number of rotatable bonds is 9. The molecule has 2 nitrogen and oxygen atoms in total. The topological polar surface area (TPSA) is 37.3 Å². The molecule has 0 aliphatic rings. The van der Waals surface area contributed by atoms with E-state index in [1.165, 1.54) is 32.1 Å². The Hall–Kier alpha value is -0.350. The van der Waals surface area contributed by atoms with Gasteiger partial charge in [0.1, 0.15) is 5.75 Å². The number of halogens is 2. The van der Waals surface area contributed by atoms with E-state index in [4.69, 9.17) is 0 Å². The molecule has 0 heterocycles. The molecule has 0 aliphatic heterocycles. The van der Waals surface area contributed by atoms with E-state index in [-0.39, 0.29) is 16.4 Å². The summed E-state index contributed by atoms with van der Waals surface area (Å²) in [5, 5.41) is 10.0. The first kappa shape index (κ1) is 18.7. The molecular weight excluding hydrogens is 396 g/mol. The van der Waals surface area contributed by atoms with Gasteiger partial charge < -0.3 is 5.11 Å². The Kier molecular flexibility index (Phi) is 8.57. The average molecular weight is 420 g/mol. The summed E-state index contributed by atoms with van der Waals surface area (Å²) >= 11 is 6.75. The average Bonchev–Trinajstić information content (AvgIpc) is 2.45. The second kappa shape index (κ2) is 9.62. The van der Waals surface area contributed by atoms with Crippen LogP contribution in [0.4, 0.5) is 0 Å². The third-order valence-corrected chi connectivity index (χ3v) is 5.05. The Morgan fingerprint density at radius 3 is 2.48 bits per heavy atom. The molecule has 4 heteroatoms. The van der Waals surface area contributed by atoms with Gasteiger partial charge in [-0.25, -0.2) is 0 Å². The van der Waals surface area contributed by atoms with Crippen molar-refractivity contribution < 1.29 is 9.90 Å². The number of benzene rings is 1. The molecule has 1 N–H and O–H groups in total. The van der Waals surface area contributed by atoms with Crippen LogP contribution in [0.3, 0.4) is 0 Å². The molecule has 0 bridgehead atoms. The van der Waals surface area contributed by atoms with Crippen molar-refractivity contribution in [3.8, 4) is 5.75 Å². The number of carbonyl (C=O) groups is 1. The van der Waals surface area contributed by atoms with Gasteiger partial charge in [-0.1, -0.05) is 61.4 Å². The maximum absolute atomic E-state index is 12.4. The summed E-state index contributed by atoms with van der Waals surface area (Å²) < 4.78 is 0.574. The third-order valence-electron chi connectivity index (χ3n) is 3.57. The van der Waals surface area contributed by atoms with Crippen molar-refractivity contribution in [2.24, 2.45) is 0 Å². The van der Waals surface area contributed by atoms with E-state index in [1.807, 2.05) is 13.0 Å². The summed E-state index contributed by atoms with van der Waals surface area (Å²) in [6, 6.07) is 3.56. The van der Waals surface area contributed by atoms with Gasteiger partial charge in [0.05, 0.1) is 14.9 Å². The molecule has 0 spiro atoms. The predicted octanol–water partition coefficient (Wildman–Crippen LogP) is 6.16. The number of carbonyl (C=O) groups excluding carboxylic acids is 1. The number of alkyl halides is 1. The van der Waals surface area contributed by atoms with Gasteiger partial charge >= 0.3 is 0 Å². The fourth-order valence-corrected chi connectivity index (χ4v) is 3.47. The number of phenols is 1. The Labute approximate surface area is 144 Å². The molecule has 0 unspecified atom stereocenters. The molecule has 0 radical (unpaired) electrons. The fourth-order valence-electron chi connectivity index (χ4n) is 2.33. The van der Waals surface area contributed by atoms with E-state index in [9.17, 15) is 9.90 Å². The highest BCUT2D eigenvalue weighted by atomic mass is 79.9. The second-order valence-corrected chi connectivity index (χ2v) is 7.49. The van der Waals surface area contributed by atoms with Crippen molar-refractivity contribution >= 4 is 37.6 Å². The lowest BCUT2D eigenvalue weighted by molar-refractivity contribution is 0.0985. The van der Waals surface area contributed by atoms with Crippen LogP contribution < -0.4 is 0 Å². The number of phenolic OH excluding ortho intramolecular Hbond substituents is 1. The van der Waals surface area contributed by atoms with E-state index < -0.39 is 0 Å². The summed E-state index contributed by atoms with van der Waals surface area (Å²) in [6.07, 6.45) is 8.09. The standard InChI is InChI=1S/C17H24Br2O2/c1-3-4-5-6-7-8-9-14(18)16(20)13-10-12(2)11-15(19)17(13)21/h10-11,14,21H,3-9H2,1-2H3/t14-/m0/s1. The summed E-state index contributed by atoms with van der Waals surface area (Å²) in [7, 11) is 0. The van der Waals surface area contributed by atoms with Gasteiger partial charge in [-0.3, -0.25) is 4.79 Å². The van der Waals surface area contributed by atoms with E-state index >= 15 is 0 Å². The number of aryl methyl sites for hydroxylation is 1. The highest BCUT2D eigenvalue weighted by Crippen LogP contribution is 2.31. The lowest BCUT2D eigenvalue weighted by atomic mass is 10.0. The Bertz CT molecular complexity index is 472. The molecule has 0 aromatic heterocycles. The van der Waals surface area contributed by atoms with Crippen molar-refractivity contribution in [1.82, 2.24) is 0 Å². The number of ketones is 1. The zero-order valence-corrected chi connectivity index (χ0v) is 16.0. The van der Waals surface area contributed by atoms with Gasteiger partial charge in [0.25, 0.3) is 0 Å². The molecule has 118 valence electrons. The van der Waals surface area contributed by atoms with Crippen molar-refractivity contribution in [1.29, 1.82) is 0 Å². The molecular formula is C17H24Br2O2. The van der Waals surface area contributed by atoms with E-state index in [2.05, 4.69) is 38.8 Å². The van der Waals surface area contributed by atoms with Gasteiger partial charge in [-0.2, -0.15) is 0 Å². The van der Waals surface area contributed by atoms with Crippen molar-refractivity contribution in [3.05, 3.63) is 27.7 Å². The minimum Gasteiger partial charge on any atom is -0.506 e. The van der Waals surface area contributed by atoms with Crippen molar-refractivity contribution in [3.63, 3.8) is 0 Å². The van der Waals surface area contributed by atoms with E-state index in [0.29, 0.717) is 10.0 Å². The third kappa shape index (κ3) is 6.11.